The summed E-state index contributed by atoms with van der Waals surface area (Å²) in [7, 11) is 0. The number of hydrogen-bond acceptors (Lipinski definition) is 4. The van der Waals surface area contributed by atoms with Gasteiger partial charge in [-0.1, -0.05) is 13.0 Å². The van der Waals surface area contributed by atoms with Crippen molar-refractivity contribution in [2.45, 2.75) is 19.8 Å². The summed E-state index contributed by atoms with van der Waals surface area (Å²) in [6, 6.07) is 5.90. The van der Waals surface area contributed by atoms with Crippen LogP contribution in [-0.2, 0) is 9.59 Å². The highest BCUT2D eigenvalue weighted by Crippen LogP contribution is 2.16. The Morgan fingerprint density at radius 2 is 1.81 bits per heavy atom. The molecule has 2 aliphatic heterocycles. The van der Waals surface area contributed by atoms with Crippen molar-refractivity contribution in [3.8, 4) is 0 Å². The molecule has 0 saturated carbocycles. The molecule has 0 bridgehead atoms. The zero-order chi connectivity index (χ0) is 19.2. The zero-order valence-electron chi connectivity index (χ0n) is 16.0. The Morgan fingerprint density at radius 3 is 2.48 bits per heavy atom. The molecular weight excluding hydrogens is 347 g/mol. The second kappa shape index (κ2) is 9.28. The van der Waals surface area contributed by atoms with E-state index in [9.17, 15) is 14.0 Å². The lowest BCUT2D eigenvalue weighted by molar-refractivity contribution is -0.134. The molecule has 6 nitrogen and oxygen atoms in total. The zero-order valence-corrected chi connectivity index (χ0v) is 16.0. The maximum absolute atomic E-state index is 13.2. The minimum absolute atomic E-state index is 0.146. The van der Waals surface area contributed by atoms with Gasteiger partial charge in [0.15, 0.2) is 0 Å². The third-order valence-corrected chi connectivity index (χ3v) is 5.31. The van der Waals surface area contributed by atoms with E-state index in [-0.39, 0.29) is 24.2 Å². The molecule has 2 heterocycles. The number of nitrogens with one attached hydrogen (secondary N) is 1. The van der Waals surface area contributed by atoms with Crippen LogP contribution >= 0.6 is 0 Å². The predicted molar refractivity (Wildman–Crippen MR) is 103 cm³/mol. The van der Waals surface area contributed by atoms with Gasteiger partial charge in [0, 0.05) is 45.0 Å². The van der Waals surface area contributed by atoms with Crippen LogP contribution in [0.2, 0.25) is 0 Å². The summed E-state index contributed by atoms with van der Waals surface area (Å²) in [4.78, 5) is 30.8. The Morgan fingerprint density at radius 1 is 1.11 bits per heavy atom. The van der Waals surface area contributed by atoms with E-state index in [1.165, 1.54) is 18.6 Å². The molecule has 0 radical (unpaired) electrons. The number of hydrogen-bond donors (Lipinski definition) is 1. The summed E-state index contributed by atoms with van der Waals surface area (Å²) >= 11 is 0. The minimum Gasteiger partial charge on any atom is -0.341 e. The van der Waals surface area contributed by atoms with E-state index < -0.39 is 0 Å². The Kier molecular flexibility index (Phi) is 6.79. The fourth-order valence-corrected chi connectivity index (χ4v) is 3.78. The number of piperazine rings is 1. The number of piperidine rings is 1. The SMILES string of the molecule is C[C@@H]1CCCN(C(=O)CN2CCN(CC(=O)Nc3cccc(F)c3)CC2)C1. The Labute approximate surface area is 160 Å². The van der Waals surface area contributed by atoms with Crippen molar-refractivity contribution >= 4 is 17.5 Å². The minimum atomic E-state index is -0.366. The summed E-state index contributed by atoms with van der Waals surface area (Å²) < 4.78 is 13.2. The van der Waals surface area contributed by atoms with Crippen molar-refractivity contribution in [1.82, 2.24) is 14.7 Å². The van der Waals surface area contributed by atoms with Crippen molar-refractivity contribution < 1.29 is 14.0 Å². The van der Waals surface area contributed by atoms with Crippen LogP contribution in [0.15, 0.2) is 24.3 Å². The molecule has 3 rings (SSSR count). The Balaban J connectivity index is 1.38. The Hall–Kier alpha value is -1.99. The number of carbonyl (C=O) groups excluding carboxylic acids is 2. The summed E-state index contributed by atoms with van der Waals surface area (Å²) in [5.41, 5.74) is 0.472. The largest absolute Gasteiger partial charge is 0.341 e. The molecule has 2 aliphatic rings. The van der Waals surface area contributed by atoms with Crippen molar-refractivity contribution in [3.63, 3.8) is 0 Å². The van der Waals surface area contributed by atoms with Crippen molar-refractivity contribution in [3.05, 3.63) is 30.1 Å². The third-order valence-electron chi connectivity index (χ3n) is 5.31. The van der Waals surface area contributed by atoms with Crippen molar-refractivity contribution in [2.75, 3.05) is 57.7 Å². The molecule has 27 heavy (non-hydrogen) atoms. The van der Waals surface area contributed by atoms with Crippen molar-refractivity contribution in [2.24, 2.45) is 5.92 Å². The lowest BCUT2D eigenvalue weighted by Crippen LogP contribution is -2.52. The van der Waals surface area contributed by atoms with Gasteiger partial charge in [-0.25, -0.2) is 4.39 Å². The quantitative estimate of drug-likeness (QED) is 0.849. The molecule has 0 aromatic heterocycles. The average Bonchev–Trinajstić information content (AvgIpc) is 2.63. The summed E-state index contributed by atoms with van der Waals surface area (Å²) in [5.74, 6) is 0.302. The standard InChI is InChI=1S/C20H29FN4O2/c1-16-4-3-7-25(13-16)20(27)15-24-10-8-23(9-11-24)14-19(26)22-18-6-2-5-17(21)12-18/h2,5-6,12,16H,3-4,7-11,13-15H2,1H3,(H,22,26)/t16-/m1/s1. The van der Waals surface area contributed by atoms with Gasteiger partial charge in [-0.3, -0.25) is 19.4 Å². The van der Waals surface area contributed by atoms with Gasteiger partial charge in [-0.15, -0.1) is 0 Å². The molecule has 1 aromatic carbocycles. The number of anilines is 1. The van der Waals surface area contributed by atoms with E-state index in [2.05, 4.69) is 22.0 Å². The molecule has 1 aromatic rings. The first-order valence-corrected chi connectivity index (χ1v) is 9.77. The van der Waals surface area contributed by atoms with Crippen LogP contribution in [0.5, 0.6) is 0 Å². The second-order valence-electron chi connectivity index (χ2n) is 7.70. The molecule has 2 saturated heterocycles. The first-order chi connectivity index (χ1) is 13.0. The van der Waals surface area contributed by atoms with Gasteiger partial charge in [0.1, 0.15) is 5.82 Å². The van der Waals surface area contributed by atoms with Gasteiger partial charge in [-0.05, 0) is 37.0 Å². The number of likely N-dealkylation sites (tertiary alicyclic amines) is 1. The van der Waals surface area contributed by atoms with E-state index >= 15 is 0 Å². The number of amides is 2. The van der Waals surface area contributed by atoms with Crippen LogP contribution in [0.3, 0.4) is 0 Å². The summed E-state index contributed by atoms with van der Waals surface area (Å²) in [6.07, 6.45) is 2.31. The van der Waals surface area contributed by atoms with Crippen LogP contribution in [0.25, 0.3) is 0 Å². The van der Waals surface area contributed by atoms with E-state index in [1.54, 1.807) is 12.1 Å². The molecule has 1 atom stereocenters. The average molecular weight is 376 g/mol. The number of rotatable bonds is 5. The molecule has 148 valence electrons. The van der Waals surface area contributed by atoms with E-state index in [4.69, 9.17) is 0 Å². The van der Waals surface area contributed by atoms with Gasteiger partial charge in [-0.2, -0.15) is 0 Å². The molecule has 0 unspecified atom stereocenters. The molecule has 1 N–H and O–H groups in total. The smallest absolute Gasteiger partial charge is 0.238 e. The molecule has 2 amide bonds. The highest BCUT2D eigenvalue weighted by molar-refractivity contribution is 5.92. The van der Waals surface area contributed by atoms with Crippen LogP contribution < -0.4 is 5.32 Å². The van der Waals surface area contributed by atoms with E-state index in [0.29, 0.717) is 18.2 Å². The lowest BCUT2D eigenvalue weighted by atomic mass is 10.0. The topological polar surface area (TPSA) is 55.9 Å². The van der Waals surface area contributed by atoms with Gasteiger partial charge in [0.25, 0.3) is 0 Å². The van der Waals surface area contributed by atoms with Gasteiger partial charge >= 0.3 is 0 Å². The maximum atomic E-state index is 13.2. The number of nitrogens with zero attached hydrogens (tertiary/aromatic N) is 3. The van der Waals surface area contributed by atoms with Gasteiger partial charge in [0.05, 0.1) is 13.1 Å². The molecule has 2 fully saturated rings. The fraction of sp³-hybridized carbons (Fsp3) is 0.600. The van der Waals surface area contributed by atoms with Gasteiger partial charge < -0.3 is 10.2 Å². The normalized spacial score (nSPS) is 21.9. The highest BCUT2D eigenvalue weighted by Gasteiger charge is 2.25. The number of halogens is 1. The monoisotopic (exact) mass is 376 g/mol. The Bertz CT molecular complexity index is 661. The maximum Gasteiger partial charge on any atom is 0.238 e. The number of benzene rings is 1. The summed E-state index contributed by atoms with van der Waals surface area (Å²) in [6.45, 7) is 7.76. The first-order valence-electron chi connectivity index (χ1n) is 9.77. The number of carbonyl (C=O) groups is 2. The lowest BCUT2D eigenvalue weighted by Gasteiger charge is -2.36. The second-order valence-corrected chi connectivity index (χ2v) is 7.70. The van der Waals surface area contributed by atoms with E-state index in [1.807, 2.05) is 4.90 Å². The first kappa shape index (κ1) is 19.8. The van der Waals surface area contributed by atoms with Gasteiger partial charge in [0.2, 0.25) is 11.8 Å². The van der Waals surface area contributed by atoms with Crippen LogP contribution in [0, 0.1) is 11.7 Å². The fourth-order valence-electron chi connectivity index (χ4n) is 3.78. The summed E-state index contributed by atoms with van der Waals surface area (Å²) in [5, 5.41) is 2.73. The van der Waals surface area contributed by atoms with E-state index in [0.717, 1.165) is 45.7 Å². The molecular formula is C20H29FN4O2. The van der Waals surface area contributed by atoms with Crippen LogP contribution in [0.1, 0.15) is 19.8 Å². The third kappa shape index (κ3) is 6.01. The molecule has 7 heteroatoms. The van der Waals surface area contributed by atoms with Crippen molar-refractivity contribution in [1.29, 1.82) is 0 Å². The molecule has 0 spiro atoms. The molecule has 0 aliphatic carbocycles. The van der Waals surface area contributed by atoms with Crippen LogP contribution in [-0.4, -0.2) is 78.9 Å². The highest BCUT2D eigenvalue weighted by atomic mass is 19.1. The predicted octanol–water partition coefficient (Wildman–Crippen LogP) is 1.64. The van der Waals surface area contributed by atoms with Crippen LogP contribution in [0.4, 0.5) is 10.1 Å².